The molecule has 5 rings (SSSR count). The highest BCUT2D eigenvalue weighted by Crippen LogP contribution is 2.35. The monoisotopic (exact) mass is 555 g/mol. The smallest absolute Gasteiger partial charge is 0.271 e. The molecule has 2 unspecified atom stereocenters. The van der Waals surface area contributed by atoms with Crippen molar-refractivity contribution < 1.29 is 19.1 Å². The number of likely N-dealkylation sites (tertiary alicyclic amines) is 1. The van der Waals surface area contributed by atoms with Gasteiger partial charge in [0.2, 0.25) is 5.91 Å². The van der Waals surface area contributed by atoms with Gasteiger partial charge >= 0.3 is 0 Å². The number of nitrogens with one attached hydrogen (secondary N) is 3. The number of Topliss-reactive ketones (excluding diaryl/α,β-unsaturated/α-hetero) is 1. The molecule has 1 aliphatic heterocycles. The summed E-state index contributed by atoms with van der Waals surface area (Å²) in [6.45, 7) is 2.84. The van der Waals surface area contributed by atoms with Gasteiger partial charge in [0, 0.05) is 35.7 Å². The van der Waals surface area contributed by atoms with Gasteiger partial charge in [0.25, 0.3) is 5.91 Å². The number of amides is 2. The van der Waals surface area contributed by atoms with E-state index in [1.807, 2.05) is 55.5 Å². The minimum atomic E-state index is -0.733. The van der Waals surface area contributed by atoms with E-state index < -0.39 is 18.1 Å². The lowest BCUT2D eigenvalue weighted by molar-refractivity contribution is -0.126. The summed E-state index contributed by atoms with van der Waals surface area (Å²) >= 11 is 0. The largest absolute Gasteiger partial charge is 0.496 e. The summed E-state index contributed by atoms with van der Waals surface area (Å²) in [7, 11) is 1.59. The standard InChI is InChI=1S/C32H37N5O4/c1-3-34-27(18-33)25(15-21-11-7-13-29(21)38)36-31(39)28-16-22(20-9-5-4-6-10-20)19-37(28)32(40)26-17-23-24(35-26)12-8-14-30(23)41-2/h4-6,8-10,12,14,17,21-22,25,27-28,34-35H,3,7,11,13,15-16,19H2,1-2H3,(H,36,39)/t21-,22?,25-,27?,28-/m0/s1. The number of aromatic nitrogens is 1. The average Bonchev–Trinajstić information content (AvgIpc) is 3.74. The molecule has 0 radical (unpaired) electrons. The number of carbonyl (C=O) groups is 3. The van der Waals surface area contributed by atoms with Crippen LogP contribution < -0.4 is 15.4 Å². The summed E-state index contributed by atoms with van der Waals surface area (Å²) in [6.07, 6.45) is 3.01. The maximum absolute atomic E-state index is 14.0. The Balaban J connectivity index is 1.43. The van der Waals surface area contributed by atoms with Crippen LogP contribution in [-0.4, -0.2) is 65.8 Å². The van der Waals surface area contributed by atoms with E-state index in [2.05, 4.69) is 21.7 Å². The number of likely N-dealkylation sites (N-methyl/N-ethyl adjacent to an activating group) is 1. The lowest BCUT2D eigenvalue weighted by atomic mass is 9.92. The number of rotatable bonds is 10. The van der Waals surface area contributed by atoms with Gasteiger partial charge in [0.05, 0.1) is 19.2 Å². The SMILES string of the molecule is CCNC(C#N)[C@H](C[C@@H]1CCCC1=O)NC(=O)[C@@H]1CC(c2ccccc2)CN1C(=O)c1cc2c(OC)cccc2[nH]1. The first kappa shape index (κ1) is 28.4. The van der Waals surface area contributed by atoms with E-state index in [0.29, 0.717) is 43.8 Å². The third-order valence-electron chi connectivity index (χ3n) is 8.47. The Morgan fingerprint density at radius 3 is 2.68 bits per heavy atom. The van der Waals surface area contributed by atoms with E-state index in [-0.39, 0.29) is 29.4 Å². The lowest BCUT2D eigenvalue weighted by Gasteiger charge is -2.29. The van der Waals surface area contributed by atoms with E-state index in [1.165, 1.54) is 0 Å². The van der Waals surface area contributed by atoms with Crippen LogP contribution in [0.25, 0.3) is 10.9 Å². The van der Waals surface area contributed by atoms with Gasteiger partial charge in [-0.2, -0.15) is 5.26 Å². The van der Waals surface area contributed by atoms with Crippen molar-refractivity contribution >= 4 is 28.5 Å². The maximum Gasteiger partial charge on any atom is 0.271 e. The minimum Gasteiger partial charge on any atom is -0.496 e. The van der Waals surface area contributed by atoms with Gasteiger partial charge in [-0.3, -0.25) is 14.4 Å². The van der Waals surface area contributed by atoms with Gasteiger partial charge < -0.3 is 25.3 Å². The predicted molar refractivity (Wildman–Crippen MR) is 155 cm³/mol. The molecular formula is C32H37N5O4. The number of ketones is 1. The highest BCUT2D eigenvalue weighted by atomic mass is 16.5. The third kappa shape index (κ3) is 5.98. The number of fused-ring (bicyclic) bond motifs is 1. The number of H-pyrrole nitrogens is 1. The number of methoxy groups -OCH3 is 1. The van der Waals surface area contributed by atoms with Crippen LogP contribution in [0, 0.1) is 17.2 Å². The number of nitriles is 1. The van der Waals surface area contributed by atoms with E-state index in [9.17, 15) is 19.6 Å². The van der Waals surface area contributed by atoms with Gasteiger partial charge in [-0.15, -0.1) is 0 Å². The summed E-state index contributed by atoms with van der Waals surface area (Å²) in [5, 5.41) is 17.0. The molecule has 9 heteroatoms. The van der Waals surface area contributed by atoms with Crippen LogP contribution in [0.2, 0.25) is 0 Å². The second-order valence-electron chi connectivity index (χ2n) is 11.0. The van der Waals surface area contributed by atoms with Crippen LogP contribution in [-0.2, 0) is 9.59 Å². The van der Waals surface area contributed by atoms with Crippen LogP contribution in [0.1, 0.15) is 61.0 Å². The Morgan fingerprint density at radius 1 is 1.20 bits per heavy atom. The average molecular weight is 556 g/mol. The quantitative estimate of drug-likeness (QED) is 0.348. The number of benzene rings is 2. The molecule has 3 aromatic rings. The van der Waals surface area contributed by atoms with Crippen LogP contribution in [0.15, 0.2) is 54.6 Å². The second-order valence-corrected chi connectivity index (χ2v) is 11.0. The molecule has 9 nitrogen and oxygen atoms in total. The Bertz CT molecular complexity index is 1450. The van der Waals surface area contributed by atoms with Gasteiger partial charge in [-0.25, -0.2) is 0 Å². The minimum absolute atomic E-state index is 0.0230. The Hall–Kier alpha value is -4.16. The Labute approximate surface area is 240 Å². The van der Waals surface area contributed by atoms with Crippen molar-refractivity contribution in [1.82, 2.24) is 20.5 Å². The fraction of sp³-hybridized carbons (Fsp3) is 0.438. The molecule has 0 spiro atoms. The van der Waals surface area contributed by atoms with Crippen molar-refractivity contribution in [2.45, 2.75) is 63.1 Å². The molecule has 3 N–H and O–H groups in total. The highest BCUT2D eigenvalue weighted by molar-refractivity contribution is 6.02. The van der Waals surface area contributed by atoms with E-state index in [0.717, 1.165) is 29.3 Å². The molecule has 5 atom stereocenters. The molecule has 2 amide bonds. The molecular weight excluding hydrogens is 518 g/mol. The fourth-order valence-electron chi connectivity index (χ4n) is 6.35. The molecule has 41 heavy (non-hydrogen) atoms. The number of aromatic amines is 1. The number of hydrogen-bond donors (Lipinski definition) is 3. The Kier molecular flexibility index (Phi) is 8.70. The molecule has 1 saturated heterocycles. The zero-order valence-corrected chi connectivity index (χ0v) is 23.6. The predicted octanol–water partition coefficient (Wildman–Crippen LogP) is 3.92. The first-order chi connectivity index (χ1) is 19.9. The summed E-state index contributed by atoms with van der Waals surface area (Å²) < 4.78 is 5.47. The summed E-state index contributed by atoms with van der Waals surface area (Å²) in [5.41, 5.74) is 2.22. The van der Waals surface area contributed by atoms with Gasteiger partial charge in [0.1, 0.15) is 29.3 Å². The number of hydrogen-bond acceptors (Lipinski definition) is 6. The van der Waals surface area contributed by atoms with Crippen LogP contribution in [0.4, 0.5) is 0 Å². The molecule has 1 saturated carbocycles. The van der Waals surface area contributed by atoms with Gasteiger partial charge in [-0.05, 0) is 56.0 Å². The summed E-state index contributed by atoms with van der Waals surface area (Å²) in [4.78, 5) is 45.2. The van der Waals surface area contributed by atoms with E-state index in [4.69, 9.17) is 4.74 Å². The van der Waals surface area contributed by atoms with Crippen LogP contribution in [0.5, 0.6) is 5.75 Å². The number of carbonyl (C=O) groups excluding carboxylic acids is 3. The van der Waals surface area contributed by atoms with E-state index >= 15 is 0 Å². The molecule has 0 bridgehead atoms. The molecule has 214 valence electrons. The second kappa shape index (κ2) is 12.6. The Morgan fingerprint density at radius 2 is 2.00 bits per heavy atom. The van der Waals surface area contributed by atoms with Crippen molar-refractivity contribution in [2.75, 3.05) is 20.2 Å². The first-order valence-corrected chi connectivity index (χ1v) is 14.4. The lowest BCUT2D eigenvalue weighted by Crippen LogP contribution is -2.55. The fourth-order valence-corrected chi connectivity index (χ4v) is 6.35. The maximum atomic E-state index is 14.0. The van der Waals surface area contributed by atoms with Crippen molar-refractivity contribution in [3.05, 3.63) is 65.9 Å². The van der Waals surface area contributed by atoms with Crippen molar-refractivity contribution in [3.63, 3.8) is 0 Å². The molecule has 2 aliphatic rings. The molecule has 2 fully saturated rings. The third-order valence-corrected chi connectivity index (χ3v) is 8.47. The summed E-state index contributed by atoms with van der Waals surface area (Å²) in [6, 6.07) is 17.6. The topological polar surface area (TPSA) is 127 Å². The van der Waals surface area contributed by atoms with Crippen molar-refractivity contribution in [2.24, 2.45) is 5.92 Å². The van der Waals surface area contributed by atoms with Gasteiger partial charge in [-0.1, -0.05) is 43.3 Å². The summed E-state index contributed by atoms with van der Waals surface area (Å²) in [5.74, 6) is 0.0751. The molecule has 1 aromatic heterocycles. The zero-order chi connectivity index (χ0) is 28.9. The normalized spacial score (nSPS) is 21.9. The molecule has 1 aliphatic carbocycles. The van der Waals surface area contributed by atoms with Crippen LogP contribution >= 0.6 is 0 Å². The number of nitrogens with zero attached hydrogens (tertiary/aromatic N) is 2. The molecule has 2 heterocycles. The van der Waals surface area contributed by atoms with Crippen molar-refractivity contribution in [3.8, 4) is 11.8 Å². The number of ether oxygens (including phenoxy) is 1. The van der Waals surface area contributed by atoms with Gasteiger partial charge in [0.15, 0.2) is 0 Å². The van der Waals surface area contributed by atoms with E-state index in [1.54, 1.807) is 18.1 Å². The first-order valence-electron chi connectivity index (χ1n) is 14.4. The van der Waals surface area contributed by atoms with Crippen LogP contribution in [0.3, 0.4) is 0 Å². The zero-order valence-electron chi connectivity index (χ0n) is 23.6. The highest BCUT2D eigenvalue weighted by Gasteiger charge is 2.42. The van der Waals surface area contributed by atoms with Crippen molar-refractivity contribution in [1.29, 1.82) is 5.26 Å². The molecule has 2 aromatic carbocycles.